The fraction of sp³-hybridized carbons (Fsp3) is 0.389. The summed E-state index contributed by atoms with van der Waals surface area (Å²) in [6, 6.07) is 3.02. The zero-order valence-electron chi connectivity index (χ0n) is 15.8. The summed E-state index contributed by atoms with van der Waals surface area (Å²) in [7, 11) is 4.34. The number of imide groups is 1. The molecule has 0 aliphatic carbocycles. The highest BCUT2D eigenvalue weighted by atomic mass is 32.2. The Hall–Kier alpha value is -2.72. The summed E-state index contributed by atoms with van der Waals surface area (Å²) in [4.78, 5) is 37.6. The SMILES string of the molecule is COCCCNC(=O)CN1C(=O)S/C(=C\c2cc(OC)c(O)c(OC)c2)C1=O. The molecule has 1 fully saturated rings. The number of phenolic OH excluding ortho intramolecular Hbond substituents is 1. The van der Waals surface area contributed by atoms with E-state index < -0.39 is 17.1 Å². The minimum Gasteiger partial charge on any atom is -0.502 e. The Kier molecular flexibility index (Phi) is 7.70. The Morgan fingerprint density at radius 3 is 2.43 bits per heavy atom. The van der Waals surface area contributed by atoms with Gasteiger partial charge in [-0.1, -0.05) is 0 Å². The first-order valence-electron chi connectivity index (χ1n) is 8.37. The number of carbonyl (C=O) groups is 3. The van der Waals surface area contributed by atoms with Crippen molar-refractivity contribution in [2.24, 2.45) is 0 Å². The van der Waals surface area contributed by atoms with Crippen molar-refractivity contribution in [3.8, 4) is 17.2 Å². The van der Waals surface area contributed by atoms with E-state index in [9.17, 15) is 19.5 Å². The topological polar surface area (TPSA) is 114 Å². The number of nitrogens with one attached hydrogen (secondary N) is 1. The largest absolute Gasteiger partial charge is 0.502 e. The van der Waals surface area contributed by atoms with E-state index in [2.05, 4.69) is 5.32 Å². The summed E-state index contributed by atoms with van der Waals surface area (Å²) in [5.74, 6) is -0.818. The van der Waals surface area contributed by atoms with Crippen LogP contribution in [0.15, 0.2) is 17.0 Å². The predicted octanol–water partition coefficient (Wildman–Crippen LogP) is 1.60. The number of amides is 3. The smallest absolute Gasteiger partial charge is 0.294 e. The lowest BCUT2D eigenvalue weighted by Gasteiger charge is -2.12. The van der Waals surface area contributed by atoms with Crippen LogP contribution in [-0.2, 0) is 14.3 Å². The van der Waals surface area contributed by atoms with Crippen molar-refractivity contribution in [1.29, 1.82) is 0 Å². The number of phenols is 1. The number of rotatable bonds is 9. The molecule has 152 valence electrons. The fourth-order valence-corrected chi connectivity index (χ4v) is 3.27. The third-order valence-electron chi connectivity index (χ3n) is 3.82. The minimum absolute atomic E-state index is 0.159. The van der Waals surface area contributed by atoms with Crippen molar-refractivity contribution in [2.75, 3.05) is 41.0 Å². The summed E-state index contributed by atoms with van der Waals surface area (Å²) in [5.41, 5.74) is 0.501. The van der Waals surface area contributed by atoms with Crippen molar-refractivity contribution >= 4 is 34.9 Å². The van der Waals surface area contributed by atoms with Crippen LogP contribution in [0.25, 0.3) is 6.08 Å². The van der Waals surface area contributed by atoms with Crippen LogP contribution >= 0.6 is 11.8 Å². The molecule has 1 heterocycles. The second-order valence-electron chi connectivity index (χ2n) is 5.74. The van der Waals surface area contributed by atoms with Crippen LogP contribution in [0, 0.1) is 0 Å². The quantitative estimate of drug-likeness (QED) is 0.466. The average molecular weight is 410 g/mol. The maximum atomic E-state index is 12.5. The number of carbonyl (C=O) groups excluding carboxylic acids is 3. The summed E-state index contributed by atoms with van der Waals surface area (Å²) >= 11 is 0.736. The summed E-state index contributed by atoms with van der Waals surface area (Å²) in [6.07, 6.45) is 2.11. The molecule has 9 nitrogen and oxygen atoms in total. The van der Waals surface area contributed by atoms with E-state index >= 15 is 0 Å². The highest BCUT2D eigenvalue weighted by Gasteiger charge is 2.36. The molecule has 2 N–H and O–H groups in total. The predicted molar refractivity (Wildman–Crippen MR) is 103 cm³/mol. The number of methoxy groups -OCH3 is 3. The molecule has 0 spiro atoms. The zero-order chi connectivity index (χ0) is 20.7. The van der Waals surface area contributed by atoms with Crippen molar-refractivity contribution < 1.29 is 33.7 Å². The second kappa shape index (κ2) is 10.00. The Morgan fingerprint density at radius 2 is 1.86 bits per heavy atom. The summed E-state index contributed by atoms with van der Waals surface area (Å²) < 4.78 is 15.0. The number of hydrogen-bond donors (Lipinski definition) is 2. The molecule has 0 unspecified atom stereocenters. The Bertz CT molecular complexity index is 769. The molecular formula is C18H22N2O7S. The standard InChI is InChI=1S/C18H22N2O7S/c1-25-6-4-5-19-15(21)10-20-17(23)14(28-18(20)24)9-11-7-12(26-2)16(22)13(8-11)27-3/h7-9,22H,4-6,10H2,1-3H3,(H,19,21)/b14-9-. The number of nitrogens with zero attached hydrogens (tertiary/aromatic N) is 1. The number of hydrogen-bond acceptors (Lipinski definition) is 8. The van der Waals surface area contributed by atoms with Gasteiger partial charge in [0.25, 0.3) is 11.1 Å². The molecule has 0 bridgehead atoms. The van der Waals surface area contributed by atoms with Crippen LogP contribution in [0.1, 0.15) is 12.0 Å². The maximum Gasteiger partial charge on any atom is 0.294 e. The highest BCUT2D eigenvalue weighted by Crippen LogP contribution is 2.39. The molecule has 2 rings (SSSR count). The van der Waals surface area contributed by atoms with Gasteiger partial charge in [-0.2, -0.15) is 0 Å². The first kappa shape index (κ1) is 21.6. The third-order valence-corrected chi connectivity index (χ3v) is 4.73. The van der Waals surface area contributed by atoms with E-state index in [1.165, 1.54) is 32.4 Å². The van der Waals surface area contributed by atoms with Gasteiger partial charge in [0.15, 0.2) is 11.5 Å². The Labute approximate surface area is 166 Å². The Balaban J connectivity index is 2.11. The van der Waals surface area contributed by atoms with Gasteiger partial charge in [0, 0.05) is 20.3 Å². The van der Waals surface area contributed by atoms with Gasteiger partial charge in [0.1, 0.15) is 6.54 Å². The Morgan fingerprint density at radius 1 is 1.21 bits per heavy atom. The molecule has 1 aromatic carbocycles. The first-order valence-corrected chi connectivity index (χ1v) is 9.18. The molecule has 0 atom stereocenters. The summed E-state index contributed by atoms with van der Waals surface area (Å²) in [6.45, 7) is 0.549. The lowest BCUT2D eigenvalue weighted by Crippen LogP contribution is -2.39. The molecule has 0 saturated carbocycles. The van der Waals surface area contributed by atoms with Gasteiger partial charge in [-0.3, -0.25) is 19.3 Å². The molecule has 1 aliphatic heterocycles. The van der Waals surface area contributed by atoms with E-state index in [1.54, 1.807) is 7.11 Å². The third kappa shape index (κ3) is 5.17. The van der Waals surface area contributed by atoms with Gasteiger partial charge >= 0.3 is 0 Å². The lowest BCUT2D eigenvalue weighted by atomic mass is 10.1. The number of benzene rings is 1. The normalized spacial score (nSPS) is 15.2. The second-order valence-corrected chi connectivity index (χ2v) is 6.73. The molecule has 28 heavy (non-hydrogen) atoms. The van der Waals surface area contributed by atoms with E-state index in [-0.39, 0.29) is 28.7 Å². The molecule has 0 aromatic heterocycles. The first-order chi connectivity index (χ1) is 13.4. The van der Waals surface area contributed by atoms with Gasteiger partial charge < -0.3 is 24.6 Å². The lowest BCUT2D eigenvalue weighted by molar-refractivity contribution is -0.129. The molecule has 1 aliphatic rings. The molecule has 10 heteroatoms. The number of aromatic hydroxyl groups is 1. The zero-order valence-corrected chi connectivity index (χ0v) is 16.6. The average Bonchev–Trinajstić information content (AvgIpc) is 2.93. The highest BCUT2D eigenvalue weighted by molar-refractivity contribution is 8.18. The maximum absolute atomic E-state index is 12.5. The molecule has 1 aromatic rings. The van der Waals surface area contributed by atoms with E-state index in [1.807, 2.05) is 0 Å². The van der Waals surface area contributed by atoms with Gasteiger partial charge in [-0.05, 0) is 42.0 Å². The van der Waals surface area contributed by atoms with Crippen LogP contribution < -0.4 is 14.8 Å². The van der Waals surface area contributed by atoms with E-state index in [0.717, 1.165) is 16.7 Å². The van der Waals surface area contributed by atoms with E-state index in [0.29, 0.717) is 25.1 Å². The van der Waals surface area contributed by atoms with Gasteiger partial charge in [0.05, 0.1) is 19.1 Å². The number of ether oxygens (including phenoxy) is 3. The number of thioether (sulfide) groups is 1. The van der Waals surface area contributed by atoms with Crippen molar-refractivity contribution in [3.63, 3.8) is 0 Å². The van der Waals surface area contributed by atoms with Gasteiger partial charge in [-0.25, -0.2) is 0 Å². The monoisotopic (exact) mass is 410 g/mol. The molecule has 1 saturated heterocycles. The van der Waals surface area contributed by atoms with Crippen LogP contribution in [-0.4, -0.2) is 68.1 Å². The minimum atomic E-state index is -0.562. The van der Waals surface area contributed by atoms with Gasteiger partial charge in [-0.15, -0.1) is 0 Å². The van der Waals surface area contributed by atoms with Crippen LogP contribution in [0.5, 0.6) is 17.2 Å². The van der Waals surface area contributed by atoms with Crippen LogP contribution in [0.3, 0.4) is 0 Å². The van der Waals surface area contributed by atoms with Crippen molar-refractivity contribution in [3.05, 3.63) is 22.6 Å². The van der Waals surface area contributed by atoms with Crippen molar-refractivity contribution in [2.45, 2.75) is 6.42 Å². The molecular weight excluding hydrogens is 388 g/mol. The summed E-state index contributed by atoms with van der Waals surface area (Å²) in [5, 5.41) is 12.1. The molecule has 0 radical (unpaired) electrons. The van der Waals surface area contributed by atoms with Crippen molar-refractivity contribution in [1.82, 2.24) is 10.2 Å². The van der Waals surface area contributed by atoms with Crippen LogP contribution in [0.2, 0.25) is 0 Å². The fourth-order valence-electron chi connectivity index (χ4n) is 2.43. The van der Waals surface area contributed by atoms with E-state index in [4.69, 9.17) is 14.2 Å². The van der Waals surface area contributed by atoms with Crippen LogP contribution in [0.4, 0.5) is 4.79 Å². The molecule has 3 amide bonds. The van der Waals surface area contributed by atoms with Gasteiger partial charge in [0.2, 0.25) is 11.7 Å².